The molecule has 0 spiro atoms. The van der Waals surface area contributed by atoms with E-state index in [9.17, 15) is 5.26 Å². The third-order valence-corrected chi connectivity index (χ3v) is 3.36. The topological polar surface area (TPSA) is 48.3 Å². The Bertz CT molecular complexity index is 493. The molecule has 108 valence electrons. The Morgan fingerprint density at radius 3 is 2.60 bits per heavy atom. The number of rotatable bonds is 3. The maximum Gasteiger partial charge on any atom is 0.101 e. The first-order valence-electron chi connectivity index (χ1n) is 7.10. The first-order valence-corrected chi connectivity index (χ1v) is 7.10. The van der Waals surface area contributed by atoms with Gasteiger partial charge in [-0.05, 0) is 38.5 Å². The Morgan fingerprint density at radius 2 is 2.00 bits per heavy atom. The van der Waals surface area contributed by atoms with Crippen LogP contribution in [0.15, 0.2) is 18.2 Å². The van der Waals surface area contributed by atoms with Crippen LogP contribution in [0.5, 0.6) is 0 Å². The highest BCUT2D eigenvalue weighted by Gasteiger charge is 2.15. The summed E-state index contributed by atoms with van der Waals surface area (Å²) in [6.45, 7) is 10.4. The molecule has 1 aliphatic heterocycles. The van der Waals surface area contributed by atoms with Gasteiger partial charge in [-0.25, -0.2) is 0 Å². The van der Waals surface area contributed by atoms with Crippen molar-refractivity contribution in [3.63, 3.8) is 0 Å². The maximum absolute atomic E-state index is 9.37. The molecule has 4 heteroatoms. The van der Waals surface area contributed by atoms with Gasteiger partial charge in [0.25, 0.3) is 0 Å². The number of nitrogens with zero attached hydrogens (tertiary/aromatic N) is 2. The first kappa shape index (κ1) is 14.8. The number of ether oxygens (including phenoxy) is 1. The van der Waals surface area contributed by atoms with Gasteiger partial charge in [-0.15, -0.1) is 0 Å². The fourth-order valence-electron chi connectivity index (χ4n) is 2.23. The number of morpholine rings is 1. The van der Waals surface area contributed by atoms with Crippen LogP contribution < -0.4 is 10.2 Å². The van der Waals surface area contributed by atoms with Gasteiger partial charge in [0.1, 0.15) is 6.07 Å². The molecule has 2 rings (SSSR count). The summed E-state index contributed by atoms with van der Waals surface area (Å²) in [5.74, 6) is 0. The predicted molar refractivity (Wildman–Crippen MR) is 80.8 cm³/mol. The molecular formula is C16H23N3O. The summed E-state index contributed by atoms with van der Waals surface area (Å²) in [5, 5.41) is 12.8. The second-order valence-corrected chi connectivity index (χ2v) is 6.17. The van der Waals surface area contributed by atoms with Gasteiger partial charge in [0.05, 0.1) is 24.5 Å². The van der Waals surface area contributed by atoms with Crippen molar-refractivity contribution in [2.75, 3.05) is 31.2 Å². The number of hydrogen-bond donors (Lipinski definition) is 1. The summed E-state index contributed by atoms with van der Waals surface area (Å²) in [5.41, 5.74) is 3.00. The predicted octanol–water partition coefficient (Wildman–Crippen LogP) is 2.28. The van der Waals surface area contributed by atoms with Gasteiger partial charge in [0.2, 0.25) is 0 Å². The fourth-order valence-corrected chi connectivity index (χ4v) is 2.23. The zero-order valence-electron chi connectivity index (χ0n) is 12.6. The molecule has 1 heterocycles. The molecule has 0 unspecified atom stereocenters. The van der Waals surface area contributed by atoms with Crippen LogP contribution in [0.3, 0.4) is 0 Å². The second-order valence-electron chi connectivity index (χ2n) is 6.17. The molecule has 0 atom stereocenters. The third kappa shape index (κ3) is 3.96. The third-order valence-electron chi connectivity index (χ3n) is 3.36. The Kier molecular flexibility index (Phi) is 4.64. The molecule has 1 N–H and O–H groups in total. The molecule has 20 heavy (non-hydrogen) atoms. The van der Waals surface area contributed by atoms with Crippen LogP contribution in [0.1, 0.15) is 31.9 Å². The SMILES string of the molecule is CC(C)(C)NCc1ccc(N2CCOCC2)c(C#N)c1. The minimum Gasteiger partial charge on any atom is -0.378 e. The van der Waals surface area contributed by atoms with Gasteiger partial charge in [-0.2, -0.15) is 5.26 Å². The molecule has 0 bridgehead atoms. The highest BCUT2D eigenvalue weighted by Crippen LogP contribution is 2.22. The summed E-state index contributed by atoms with van der Waals surface area (Å²) in [4.78, 5) is 2.23. The summed E-state index contributed by atoms with van der Waals surface area (Å²) >= 11 is 0. The largest absolute Gasteiger partial charge is 0.378 e. The quantitative estimate of drug-likeness (QED) is 0.918. The monoisotopic (exact) mass is 273 g/mol. The van der Waals surface area contributed by atoms with E-state index in [2.05, 4.69) is 49.2 Å². The average Bonchev–Trinajstić information content (AvgIpc) is 2.45. The molecule has 1 saturated heterocycles. The van der Waals surface area contributed by atoms with E-state index in [1.165, 1.54) is 0 Å². The highest BCUT2D eigenvalue weighted by molar-refractivity contribution is 5.60. The van der Waals surface area contributed by atoms with E-state index in [4.69, 9.17) is 4.74 Å². The van der Waals surface area contributed by atoms with E-state index in [0.29, 0.717) is 0 Å². The smallest absolute Gasteiger partial charge is 0.101 e. The Morgan fingerprint density at radius 1 is 1.30 bits per heavy atom. The highest BCUT2D eigenvalue weighted by atomic mass is 16.5. The summed E-state index contributed by atoms with van der Waals surface area (Å²) in [7, 11) is 0. The van der Waals surface area contributed by atoms with Gasteiger partial charge < -0.3 is 15.0 Å². The molecule has 1 aromatic carbocycles. The van der Waals surface area contributed by atoms with Crippen LogP contribution in [-0.2, 0) is 11.3 Å². The molecule has 4 nitrogen and oxygen atoms in total. The lowest BCUT2D eigenvalue weighted by molar-refractivity contribution is 0.122. The molecule has 0 amide bonds. The van der Waals surface area contributed by atoms with E-state index in [0.717, 1.165) is 49.7 Å². The number of benzene rings is 1. The lowest BCUT2D eigenvalue weighted by atomic mass is 10.1. The number of nitriles is 1. The normalized spacial score (nSPS) is 16.0. The summed E-state index contributed by atoms with van der Waals surface area (Å²) in [6.07, 6.45) is 0. The van der Waals surface area contributed by atoms with Crippen LogP contribution in [0.25, 0.3) is 0 Å². The van der Waals surface area contributed by atoms with Crippen LogP contribution in [0.4, 0.5) is 5.69 Å². The molecule has 0 radical (unpaired) electrons. The fraction of sp³-hybridized carbons (Fsp3) is 0.562. The van der Waals surface area contributed by atoms with Crippen molar-refractivity contribution in [2.45, 2.75) is 32.9 Å². The van der Waals surface area contributed by atoms with Crippen molar-refractivity contribution in [1.82, 2.24) is 5.32 Å². The summed E-state index contributed by atoms with van der Waals surface area (Å²) in [6, 6.07) is 8.47. The minimum atomic E-state index is 0.0791. The van der Waals surface area contributed by atoms with Gasteiger partial charge in [-0.3, -0.25) is 0 Å². The van der Waals surface area contributed by atoms with E-state index < -0.39 is 0 Å². The number of anilines is 1. The minimum absolute atomic E-state index is 0.0791. The summed E-state index contributed by atoms with van der Waals surface area (Å²) < 4.78 is 5.36. The van der Waals surface area contributed by atoms with Gasteiger partial charge in [0.15, 0.2) is 0 Å². The van der Waals surface area contributed by atoms with E-state index in [-0.39, 0.29) is 5.54 Å². The van der Waals surface area contributed by atoms with Crippen LogP contribution in [-0.4, -0.2) is 31.8 Å². The van der Waals surface area contributed by atoms with Crippen LogP contribution in [0, 0.1) is 11.3 Å². The van der Waals surface area contributed by atoms with Crippen molar-refractivity contribution in [3.8, 4) is 6.07 Å². The van der Waals surface area contributed by atoms with Crippen LogP contribution in [0.2, 0.25) is 0 Å². The molecule has 0 saturated carbocycles. The van der Waals surface area contributed by atoms with E-state index >= 15 is 0 Å². The Balaban J connectivity index is 2.13. The van der Waals surface area contributed by atoms with Gasteiger partial charge in [-0.1, -0.05) is 6.07 Å². The van der Waals surface area contributed by atoms with Crippen molar-refractivity contribution < 1.29 is 4.74 Å². The van der Waals surface area contributed by atoms with Crippen molar-refractivity contribution >= 4 is 5.69 Å². The van der Waals surface area contributed by atoms with E-state index in [1.54, 1.807) is 0 Å². The van der Waals surface area contributed by atoms with Crippen LogP contribution >= 0.6 is 0 Å². The lowest BCUT2D eigenvalue weighted by Crippen LogP contribution is -2.37. The average molecular weight is 273 g/mol. The second kappa shape index (κ2) is 6.25. The zero-order chi connectivity index (χ0) is 14.6. The lowest BCUT2D eigenvalue weighted by Gasteiger charge is -2.29. The molecule has 1 fully saturated rings. The molecular weight excluding hydrogens is 250 g/mol. The standard InChI is InChI=1S/C16H23N3O/c1-16(2,3)18-12-13-4-5-15(14(10-13)11-17)19-6-8-20-9-7-19/h4-5,10,18H,6-9,12H2,1-3H3. The molecule has 0 aromatic heterocycles. The molecule has 0 aliphatic carbocycles. The Labute approximate surface area is 121 Å². The van der Waals surface area contributed by atoms with Crippen molar-refractivity contribution in [1.29, 1.82) is 5.26 Å². The number of hydrogen-bond acceptors (Lipinski definition) is 4. The van der Waals surface area contributed by atoms with Crippen molar-refractivity contribution in [3.05, 3.63) is 29.3 Å². The first-order chi connectivity index (χ1) is 9.49. The Hall–Kier alpha value is -1.57. The van der Waals surface area contributed by atoms with Gasteiger partial charge in [0, 0.05) is 25.2 Å². The molecule has 1 aliphatic rings. The van der Waals surface area contributed by atoms with E-state index in [1.807, 2.05) is 6.07 Å². The zero-order valence-corrected chi connectivity index (χ0v) is 12.6. The molecule has 1 aromatic rings. The van der Waals surface area contributed by atoms with Gasteiger partial charge >= 0.3 is 0 Å². The van der Waals surface area contributed by atoms with Crippen molar-refractivity contribution in [2.24, 2.45) is 0 Å². The number of nitrogens with one attached hydrogen (secondary N) is 1. The maximum atomic E-state index is 9.37.